The van der Waals surface area contributed by atoms with Crippen molar-refractivity contribution in [2.75, 3.05) is 4.72 Å². The number of benzene rings is 2. The molecule has 0 radical (unpaired) electrons. The molecular weight excluding hydrogens is 483 g/mol. The molecule has 0 aliphatic carbocycles. The lowest BCUT2D eigenvalue weighted by Crippen LogP contribution is -2.13. The largest absolute Gasteiger partial charge is 0.439 e. The van der Waals surface area contributed by atoms with E-state index in [9.17, 15) is 21.6 Å². The average molecular weight is 504 g/mol. The number of nitrogens with zero attached hydrogens (tertiary/aromatic N) is 4. The van der Waals surface area contributed by atoms with Gasteiger partial charge in [-0.05, 0) is 69.3 Å². The summed E-state index contributed by atoms with van der Waals surface area (Å²) in [5.41, 5.74) is 1.08. The van der Waals surface area contributed by atoms with E-state index in [-0.39, 0.29) is 16.5 Å². The van der Waals surface area contributed by atoms with Gasteiger partial charge in [0.15, 0.2) is 0 Å². The maximum absolute atomic E-state index is 12.7. The third-order valence-corrected chi connectivity index (χ3v) is 6.52. The van der Waals surface area contributed by atoms with Gasteiger partial charge >= 0.3 is 6.18 Å². The number of imidazole rings is 1. The lowest BCUT2D eigenvalue weighted by Gasteiger charge is -2.12. The Kier molecular flexibility index (Phi) is 6.24. The number of hydrogen-bond acceptors (Lipinski definition) is 6. The average Bonchev–Trinajstić information content (AvgIpc) is 3.12. The Balaban J connectivity index is 1.49. The zero-order valence-corrected chi connectivity index (χ0v) is 19.6. The van der Waals surface area contributed by atoms with Crippen LogP contribution >= 0.6 is 0 Å². The zero-order valence-electron chi connectivity index (χ0n) is 18.8. The van der Waals surface area contributed by atoms with Gasteiger partial charge in [-0.1, -0.05) is 0 Å². The SMILES string of the molecule is Cc1nc(Oc2ccc(NS(=O)(=O)c3ccc(C(F)(F)F)cc3)cc2)cc(-n2cnc(C)c2C)n1. The Morgan fingerprint density at radius 1 is 0.943 bits per heavy atom. The van der Waals surface area contributed by atoms with E-state index in [1.807, 2.05) is 18.4 Å². The molecular formula is C23H20F3N5O3S. The first-order valence-electron chi connectivity index (χ1n) is 10.3. The van der Waals surface area contributed by atoms with Crippen LogP contribution in [0.2, 0.25) is 0 Å². The van der Waals surface area contributed by atoms with Crippen LogP contribution in [0, 0.1) is 20.8 Å². The summed E-state index contributed by atoms with van der Waals surface area (Å²) in [5, 5.41) is 0. The summed E-state index contributed by atoms with van der Waals surface area (Å²) in [4.78, 5) is 12.7. The van der Waals surface area contributed by atoms with Crippen molar-refractivity contribution in [3.63, 3.8) is 0 Å². The number of rotatable bonds is 6. The van der Waals surface area contributed by atoms with Crippen LogP contribution in [0.5, 0.6) is 11.6 Å². The van der Waals surface area contributed by atoms with E-state index in [4.69, 9.17) is 4.74 Å². The second-order valence-electron chi connectivity index (χ2n) is 7.65. The van der Waals surface area contributed by atoms with E-state index in [2.05, 4.69) is 19.7 Å². The number of sulfonamides is 1. The van der Waals surface area contributed by atoms with Crippen molar-refractivity contribution in [3.05, 3.63) is 83.7 Å². The lowest BCUT2D eigenvalue weighted by atomic mass is 10.2. The second-order valence-corrected chi connectivity index (χ2v) is 9.33. The van der Waals surface area contributed by atoms with Crippen LogP contribution in [0.15, 0.2) is 65.8 Å². The van der Waals surface area contributed by atoms with Crippen molar-refractivity contribution in [2.24, 2.45) is 0 Å². The molecule has 2 aromatic heterocycles. The quantitative estimate of drug-likeness (QED) is 0.388. The summed E-state index contributed by atoms with van der Waals surface area (Å²) >= 11 is 0. The minimum absolute atomic E-state index is 0.210. The number of nitrogens with one attached hydrogen (secondary N) is 1. The number of halogens is 3. The molecule has 35 heavy (non-hydrogen) atoms. The van der Waals surface area contributed by atoms with Gasteiger partial charge in [-0.3, -0.25) is 9.29 Å². The molecule has 2 heterocycles. The number of ether oxygens (including phenoxy) is 1. The Morgan fingerprint density at radius 3 is 2.17 bits per heavy atom. The van der Waals surface area contributed by atoms with E-state index < -0.39 is 21.8 Å². The normalized spacial score (nSPS) is 11.9. The fraction of sp³-hybridized carbons (Fsp3) is 0.174. The van der Waals surface area contributed by atoms with Crippen LogP contribution in [0.3, 0.4) is 0 Å². The molecule has 0 saturated heterocycles. The van der Waals surface area contributed by atoms with Crippen LogP contribution < -0.4 is 9.46 Å². The molecule has 0 saturated carbocycles. The molecule has 0 spiro atoms. The third-order valence-electron chi connectivity index (χ3n) is 5.12. The van der Waals surface area contributed by atoms with Crippen LogP contribution in [-0.4, -0.2) is 27.9 Å². The Hall–Kier alpha value is -3.93. The van der Waals surface area contributed by atoms with Gasteiger partial charge < -0.3 is 4.74 Å². The van der Waals surface area contributed by atoms with Crippen LogP contribution in [-0.2, 0) is 16.2 Å². The summed E-state index contributed by atoms with van der Waals surface area (Å²) < 4.78 is 73.2. The first-order chi connectivity index (χ1) is 16.4. The van der Waals surface area contributed by atoms with Crippen molar-refractivity contribution < 1.29 is 26.3 Å². The second kappa shape index (κ2) is 9.02. The van der Waals surface area contributed by atoms with Gasteiger partial charge in [-0.2, -0.15) is 18.2 Å². The fourth-order valence-corrected chi connectivity index (χ4v) is 4.24. The highest BCUT2D eigenvalue weighted by molar-refractivity contribution is 7.92. The summed E-state index contributed by atoms with van der Waals surface area (Å²) in [6.45, 7) is 5.55. The summed E-state index contributed by atoms with van der Waals surface area (Å²) in [5.74, 6) is 1.76. The molecule has 4 rings (SSSR count). The van der Waals surface area contributed by atoms with Crippen LogP contribution in [0.25, 0.3) is 5.82 Å². The standard InChI is InChI=1S/C23H20F3N5O3S/c1-14-15(2)31(13-27-14)21-12-22(29-16(3)28-21)34-19-8-6-18(7-9-19)30-35(32,33)20-10-4-17(5-11-20)23(24,25)26/h4-13,30H,1-3H3. The first kappa shape index (κ1) is 24.2. The van der Waals surface area contributed by atoms with Gasteiger partial charge in [0.05, 0.1) is 16.2 Å². The van der Waals surface area contributed by atoms with E-state index in [1.54, 1.807) is 19.3 Å². The molecule has 0 aliphatic rings. The molecule has 1 N–H and O–H groups in total. The molecule has 0 amide bonds. The van der Waals surface area contributed by atoms with Gasteiger partial charge in [0.25, 0.3) is 10.0 Å². The molecule has 0 atom stereocenters. The van der Waals surface area contributed by atoms with Gasteiger partial charge in [0, 0.05) is 17.4 Å². The maximum Gasteiger partial charge on any atom is 0.416 e. The molecule has 12 heteroatoms. The van der Waals surface area contributed by atoms with Crippen LogP contribution in [0.1, 0.15) is 22.8 Å². The number of hydrogen-bond donors (Lipinski definition) is 1. The van der Waals surface area contributed by atoms with Crippen molar-refractivity contribution in [2.45, 2.75) is 31.8 Å². The van der Waals surface area contributed by atoms with E-state index in [0.29, 0.717) is 17.4 Å². The minimum Gasteiger partial charge on any atom is -0.439 e. The van der Waals surface area contributed by atoms with Gasteiger partial charge in [-0.25, -0.2) is 18.4 Å². The van der Waals surface area contributed by atoms with E-state index in [1.165, 1.54) is 24.3 Å². The molecule has 0 fully saturated rings. The monoisotopic (exact) mass is 503 g/mol. The number of aryl methyl sites for hydroxylation is 2. The maximum atomic E-state index is 12.7. The lowest BCUT2D eigenvalue weighted by molar-refractivity contribution is -0.137. The summed E-state index contributed by atoms with van der Waals surface area (Å²) in [7, 11) is -4.08. The first-order valence-corrected chi connectivity index (χ1v) is 11.8. The number of anilines is 1. The van der Waals surface area contributed by atoms with E-state index in [0.717, 1.165) is 35.7 Å². The van der Waals surface area contributed by atoms with Crippen molar-refractivity contribution in [1.29, 1.82) is 0 Å². The zero-order chi connectivity index (χ0) is 25.4. The molecule has 0 unspecified atom stereocenters. The molecule has 182 valence electrons. The summed E-state index contributed by atoms with van der Waals surface area (Å²) in [6, 6.07) is 10.9. The van der Waals surface area contributed by atoms with E-state index >= 15 is 0 Å². The highest BCUT2D eigenvalue weighted by Gasteiger charge is 2.30. The third kappa shape index (κ3) is 5.43. The molecule has 2 aromatic carbocycles. The van der Waals surface area contributed by atoms with Crippen molar-refractivity contribution in [3.8, 4) is 17.4 Å². The van der Waals surface area contributed by atoms with Gasteiger partial charge in [0.1, 0.15) is 23.7 Å². The fourth-order valence-electron chi connectivity index (χ4n) is 3.18. The Morgan fingerprint density at radius 2 is 1.60 bits per heavy atom. The number of aromatic nitrogens is 4. The molecule has 4 aromatic rings. The van der Waals surface area contributed by atoms with Gasteiger partial charge in [0.2, 0.25) is 5.88 Å². The van der Waals surface area contributed by atoms with Crippen molar-refractivity contribution in [1.82, 2.24) is 19.5 Å². The predicted molar refractivity (Wildman–Crippen MR) is 122 cm³/mol. The predicted octanol–water partition coefficient (Wildman–Crippen LogP) is 5.20. The highest BCUT2D eigenvalue weighted by atomic mass is 32.2. The minimum atomic E-state index is -4.55. The smallest absolute Gasteiger partial charge is 0.416 e. The Bertz CT molecular complexity index is 1470. The van der Waals surface area contributed by atoms with Crippen molar-refractivity contribution >= 4 is 15.7 Å². The molecule has 0 aliphatic heterocycles. The Labute approximate surface area is 199 Å². The summed E-state index contributed by atoms with van der Waals surface area (Å²) in [6.07, 6.45) is -2.89. The highest BCUT2D eigenvalue weighted by Crippen LogP contribution is 2.30. The number of alkyl halides is 3. The molecule has 0 bridgehead atoms. The van der Waals surface area contributed by atoms with Crippen LogP contribution in [0.4, 0.5) is 18.9 Å². The van der Waals surface area contributed by atoms with Gasteiger partial charge in [-0.15, -0.1) is 0 Å². The molecule has 8 nitrogen and oxygen atoms in total. The topological polar surface area (TPSA) is 99.0 Å².